The second-order valence-corrected chi connectivity index (χ2v) is 7.20. The van der Waals surface area contributed by atoms with Crippen molar-refractivity contribution in [3.63, 3.8) is 0 Å². The van der Waals surface area contributed by atoms with Gasteiger partial charge in [-0.05, 0) is 54.4 Å². The minimum Gasteiger partial charge on any atom is -0.479 e. The van der Waals surface area contributed by atoms with Crippen LogP contribution in [0.1, 0.15) is 42.1 Å². The molecule has 1 saturated carbocycles. The van der Waals surface area contributed by atoms with Crippen LogP contribution in [-0.2, 0) is 27.9 Å². The number of aliphatic carboxylic acids is 1. The number of carbonyl (C=O) groups is 1. The molecule has 132 valence electrons. The van der Waals surface area contributed by atoms with Gasteiger partial charge < -0.3 is 9.84 Å². The number of carboxylic acid groups (broad SMARTS) is 1. The summed E-state index contributed by atoms with van der Waals surface area (Å²) in [5, 5.41) is 22.5. The van der Waals surface area contributed by atoms with Gasteiger partial charge in [0, 0.05) is 19.6 Å². The Morgan fingerprint density at radius 2 is 2.00 bits per heavy atom. The molecule has 1 aromatic carbocycles. The van der Waals surface area contributed by atoms with E-state index in [0.717, 1.165) is 19.3 Å². The number of carboxylic acids is 1. The zero-order valence-corrected chi connectivity index (χ0v) is 14.3. The lowest BCUT2D eigenvalue weighted by Crippen LogP contribution is -2.53. The summed E-state index contributed by atoms with van der Waals surface area (Å²) in [6.07, 6.45) is 3.71. The van der Waals surface area contributed by atoms with Crippen molar-refractivity contribution in [2.24, 2.45) is 5.92 Å². The zero-order chi connectivity index (χ0) is 17.4. The number of hydrogen-bond donors (Lipinski definition) is 1. The number of hydrogen-bond acceptors (Lipinski definition) is 5. The van der Waals surface area contributed by atoms with Gasteiger partial charge in [-0.15, -0.1) is 15.0 Å². The molecule has 7 nitrogen and oxygen atoms in total. The lowest BCUT2D eigenvalue weighted by Gasteiger charge is -2.42. The lowest BCUT2D eigenvalue weighted by molar-refractivity contribution is -0.158. The van der Waals surface area contributed by atoms with Crippen molar-refractivity contribution in [2.45, 2.75) is 43.6 Å². The Kier molecular flexibility index (Phi) is 4.03. The molecule has 1 N–H and O–H groups in total. The first-order valence-corrected chi connectivity index (χ1v) is 8.72. The van der Waals surface area contributed by atoms with Crippen molar-refractivity contribution in [3.8, 4) is 0 Å². The van der Waals surface area contributed by atoms with E-state index in [4.69, 9.17) is 4.74 Å². The molecule has 0 spiro atoms. The summed E-state index contributed by atoms with van der Waals surface area (Å²) >= 11 is 0. The first-order valence-electron chi connectivity index (χ1n) is 8.72. The highest BCUT2D eigenvalue weighted by Gasteiger charge is 2.54. The van der Waals surface area contributed by atoms with Gasteiger partial charge in [0.1, 0.15) is 0 Å². The number of nitrogens with zero attached hydrogens (tertiary/aromatic N) is 4. The van der Waals surface area contributed by atoms with Gasteiger partial charge in [0.05, 0.1) is 0 Å². The van der Waals surface area contributed by atoms with E-state index in [1.807, 2.05) is 12.1 Å². The van der Waals surface area contributed by atoms with Crippen molar-refractivity contribution >= 4 is 5.97 Å². The monoisotopic (exact) mass is 342 g/mol. The van der Waals surface area contributed by atoms with Crippen molar-refractivity contribution in [1.82, 2.24) is 20.2 Å². The van der Waals surface area contributed by atoms with Gasteiger partial charge in [0.2, 0.25) is 0 Å². The van der Waals surface area contributed by atoms with Crippen LogP contribution in [0.4, 0.5) is 0 Å². The van der Waals surface area contributed by atoms with Crippen LogP contribution in [-0.4, -0.2) is 45.0 Å². The molecule has 25 heavy (non-hydrogen) atoms. The van der Waals surface area contributed by atoms with Crippen LogP contribution in [0.25, 0.3) is 0 Å². The Morgan fingerprint density at radius 1 is 1.32 bits per heavy atom. The van der Waals surface area contributed by atoms with Crippen LogP contribution in [0.5, 0.6) is 0 Å². The molecule has 0 unspecified atom stereocenters. The summed E-state index contributed by atoms with van der Waals surface area (Å²) in [6, 6.07) is 8.34. The van der Waals surface area contributed by atoms with Crippen molar-refractivity contribution in [3.05, 3.63) is 41.2 Å². The third-order valence-corrected chi connectivity index (χ3v) is 5.61. The molecule has 0 atom stereocenters. The maximum atomic E-state index is 11.9. The molecule has 0 bridgehead atoms. The zero-order valence-electron chi connectivity index (χ0n) is 14.3. The standard InChI is InChI=1S/C18H22N4O3/c1-25-7-6-12-10-18(11-12,17(23)24)22-20-16(19-21-22)15-8-13-4-2-3-5-14(13)9-15/h2-5,12,15H,6-11H2,1H3,(H,23,24). The van der Waals surface area contributed by atoms with E-state index >= 15 is 0 Å². The number of tetrazole rings is 1. The van der Waals surface area contributed by atoms with Crippen molar-refractivity contribution in [2.75, 3.05) is 13.7 Å². The van der Waals surface area contributed by atoms with Crippen LogP contribution in [0.3, 0.4) is 0 Å². The van der Waals surface area contributed by atoms with Gasteiger partial charge in [-0.25, -0.2) is 4.79 Å². The van der Waals surface area contributed by atoms with E-state index in [-0.39, 0.29) is 5.92 Å². The van der Waals surface area contributed by atoms with Gasteiger partial charge in [-0.2, -0.15) is 0 Å². The number of fused-ring (bicyclic) bond motifs is 1. The molecule has 2 aromatic rings. The van der Waals surface area contributed by atoms with Gasteiger partial charge in [0.15, 0.2) is 11.4 Å². The molecule has 0 aliphatic heterocycles. The molecule has 0 amide bonds. The highest BCUT2D eigenvalue weighted by Crippen LogP contribution is 2.45. The fourth-order valence-corrected chi connectivity index (χ4v) is 4.12. The number of rotatable bonds is 6. The Bertz CT molecular complexity index is 757. The fourth-order valence-electron chi connectivity index (χ4n) is 4.12. The highest BCUT2D eigenvalue weighted by atomic mass is 16.5. The molecule has 1 fully saturated rings. The first-order chi connectivity index (χ1) is 12.1. The number of benzene rings is 1. The SMILES string of the molecule is COCCC1CC(C(=O)O)(n2nnc(C3Cc4ccccc4C3)n2)C1. The molecule has 2 aliphatic carbocycles. The van der Waals surface area contributed by atoms with E-state index < -0.39 is 11.5 Å². The maximum Gasteiger partial charge on any atom is 0.333 e. The predicted molar refractivity (Wildman–Crippen MR) is 89.2 cm³/mol. The molecular weight excluding hydrogens is 320 g/mol. The summed E-state index contributed by atoms with van der Waals surface area (Å²) in [4.78, 5) is 13.2. The van der Waals surface area contributed by atoms with Crippen molar-refractivity contribution < 1.29 is 14.6 Å². The Morgan fingerprint density at radius 3 is 2.60 bits per heavy atom. The number of methoxy groups -OCH3 is 1. The summed E-state index contributed by atoms with van der Waals surface area (Å²) < 4.78 is 5.09. The van der Waals surface area contributed by atoms with E-state index in [0.29, 0.717) is 31.2 Å². The van der Waals surface area contributed by atoms with Gasteiger partial charge in [0.25, 0.3) is 0 Å². The molecule has 7 heteroatoms. The molecule has 0 saturated heterocycles. The van der Waals surface area contributed by atoms with Crippen LogP contribution in [0.2, 0.25) is 0 Å². The Balaban J connectivity index is 1.50. The third-order valence-electron chi connectivity index (χ3n) is 5.61. The second kappa shape index (κ2) is 6.22. The summed E-state index contributed by atoms with van der Waals surface area (Å²) in [5.41, 5.74) is 1.59. The topological polar surface area (TPSA) is 90.1 Å². The number of ether oxygens (including phenoxy) is 1. The number of aromatic nitrogens is 4. The van der Waals surface area contributed by atoms with Gasteiger partial charge >= 0.3 is 5.97 Å². The lowest BCUT2D eigenvalue weighted by atomic mass is 9.67. The summed E-state index contributed by atoms with van der Waals surface area (Å²) in [5.74, 6) is 0.291. The van der Waals surface area contributed by atoms with E-state index in [1.54, 1.807) is 7.11 Å². The maximum absolute atomic E-state index is 11.9. The first kappa shape index (κ1) is 16.2. The minimum atomic E-state index is -1.05. The summed E-state index contributed by atoms with van der Waals surface area (Å²) in [6.45, 7) is 0.650. The van der Waals surface area contributed by atoms with Crippen molar-refractivity contribution in [1.29, 1.82) is 0 Å². The van der Waals surface area contributed by atoms with Crippen LogP contribution in [0, 0.1) is 5.92 Å². The molecule has 0 radical (unpaired) electrons. The normalized spacial score (nSPS) is 25.6. The quantitative estimate of drug-likeness (QED) is 0.861. The fraction of sp³-hybridized carbons (Fsp3) is 0.556. The predicted octanol–water partition coefficient (Wildman–Crippen LogP) is 1.78. The van der Waals surface area contributed by atoms with E-state index in [1.165, 1.54) is 15.9 Å². The minimum absolute atomic E-state index is 0.182. The second-order valence-electron chi connectivity index (χ2n) is 7.20. The molecular formula is C18H22N4O3. The largest absolute Gasteiger partial charge is 0.479 e. The van der Waals surface area contributed by atoms with Crippen LogP contribution >= 0.6 is 0 Å². The molecule has 1 aromatic heterocycles. The van der Waals surface area contributed by atoms with Gasteiger partial charge in [-0.1, -0.05) is 24.3 Å². The Hall–Kier alpha value is -2.28. The third kappa shape index (κ3) is 2.72. The average molecular weight is 342 g/mol. The molecule has 4 rings (SSSR count). The highest BCUT2D eigenvalue weighted by molar-refractivity contribution is 5.77. The average Bonchev–Trinajstić information content (AvgIpc) is 3.20. The molecule has 2 aliphatic rings. The van der Waals surface area contributed by atoms with E-state index in [9.17, 15) is 9.90 Å². The Labute approximate surface area is 146 Å². The van der Waals surface area contributed by atoms with E-state index in [2.05, 4.69) is 27.5 Å². The van der Waals surface area contributed by atoms with Gasteiger partial charge in [-0.3, -0.25) is 0 Å². The van der Waals surface area contributed by atoms with Crippen LogP contribution < -0.4 is 0 Å². The van der Waals surface area contributed by atoms with Crippen LogP contribution in [0.15, 0.2) is 24.3 Å². The smallest absolute Gasteiger partial charge is 0.333 e. The molecule has 1 heterocycles. The summed E-state index contributed by atoms with van der Waals surface area (Å²) in [7, 11) is 1.66.